The van der Waals surface area contributed by atoms with Crippen molar-refractivity contribution in [2.45, 2.75) is 59.3 Å². The van der Waals surface area contributed by atoms with Gasteiger partial charge < -0.3 is 9.88 Å². The number of benzene rings is 2. The van der Waals surface area contributed by atoms with Crippen molar-refractivity contribution in [1.82, 2.24) is 24.6 Å². The molecule has 7 nitrogen and oxygen atoms in total. The molecule has 2 aromatic heterocycles. The van der Waals surface area contributed by atoms with Crippen LogP contribution in [0.2, 0.25) is 0 Å². The summed E-state index contributed by atoms with van der Waals surface area (Å²) in [6, 6.07) is 19.0. The molecule has 7 heteroatoms. The summed E-state index contributed by atoms with van der Waals surface area (Å²) in [5, 5.41) is 8.96. The Bertz CT molecular complexity index is 1450. The first-order valence-electron chi connectivity index (χ1n) is 13.1. The van der Waals surface area contributed by atoms with E-state index in [-0.39, 0.29) is 24.1 Å². The number of aromatic nitrogens is 3. The number of likely N-dealkylation sites (tertiary alicyclic amines) is 1. The number of aryl methyl sites for hydroxylation is 3. The molecule has 2 aromatic carbocycles. The number of nitrogens with zero attached hydrogens (tertiary/aromatic N) is 4. The highest BCUT2D eigenvalue weighted by molar-refractivity contribution is 5.87. The molecule has 0 aliphatic carbocycles. The molecule has 1 aliphatic heterocycles. The molecule has 0 radical (unpaired) electrons. The van der Waals surface area contributed by atoms with Gasteiger partial charge >= 0.3 is 0 Å². The molecule has 1 amide bonds. The SMILES string of the molecule is Cc1ccc(Cn2c(C)c3cnn(CC(=O)NC4CCN(Cc5ccccc5)CC4)c(=O)c3c2C)cc1. The van der Waals surface area contributed by atoms with Crippen LogP contribution in [0.25, 0.3) is 10.8 Å². The molecule has 1 N–H and O–H groups in total. The maximum atomic E-state index is 13.4. The first-order chi connectivity index (χ1) is 17.9. The Kier molecular flexibility index (Phi) is 7.24. The van der Waals surface area contributed by atoms with Gasteiger partial charge in [0.2, 0.25) is 5.91 Å². The Hall–Kier alpha value is -3.71. The highest BCUT2D eigenvalue weighted by Gasteiger charge is 2.22. The molecule has 5 rings (SSSR count). The monoisotopic (exact) mass is 497 g/mol. The van der Waals surface area contributed by atoms with Gasteiger partial charge in [0.15, 0.2) is 0 Å². The van der Waals surface area contributed by atoms with Crippen molar-refractivity contribution in [3.05, 3.63) is 99.2 Å². The average molecular weight is 498 g/mol. The third-order valence-corrected chi connectivity index (χ3v) is 7.56. The molecule has 0 saturated carbocycles. The number of nitrogens with one attached hydrogen (secondary N) is 1. The van der Waals surface area contributed by atoms with E-state index in [0.29, 0.717) is 11.9 Å². The lowest BCUT2D eigenvalue weighted by Gasteiger charge is -2.32. The maximum Gasteiger partial charge on any atom is 0.276 e. The minimum Gasteiger partial charge on any atom is -0.352 e. The Morgan fingerprint density at radius 1 is 0.919 bits per heavy atom. The van der Waals surface area contributed by atoms with E-state index in [1.807, 2.05) is 19.9 Å². The molecular formula is C30H35N5O2. The smallest absolute Gasteiger partial charge is 0.276 e. The van der Waals surface area contributed by atoms with Crippen molar-refractivity contribution in [2.75, 3.05) is 13.1 Å². The lowest BCUT2D eigenvalue weighted by Crippen LogP contribution is -2.46. The normalized spacial score (nSPS) is 14.8. The quantitative estimate of drug-likeness (QED) is 0.420. The summed E-state index contributed by atoms with van der Waals surface area (Å²) >= 11 is 0. The Morgan fingerprint density at radius 3 is 2.30 bits per heavy atom. The van der Waals surface area contributed by atoms with Crippen molar-refractivity contribution in [3.63, 3.8) is 0 Å². The molecule has 1 fully saturated rings. The first kappa shape index (κ1) is 25.0. The molecule has 192 valence electrons. The van der Waals surface area contributed by atoms with Gasteiger partial charge in [0.1, 0.15) is 6.54 Å². The van der Waals surface area contributed by atoms with Crippen LogP contribution < -0.4 is 10.9 Å². The average Bonchev–Trinajstić information content (AvgIpc) is 3.14. The van der Waals surface area contributed by atoms with E-state index in [9.17, 15) is 9.59 Å². The minimum atomic E-state index is -0.214. The number of piperidine rings is 1. The fourth-order valence-corrected chi connectivity index (χ4v) is 5.36. The minimum absolute atomic E-state index is 0.0688. The van der Waals surface area contributed by atoms with Gasteiger partial charge in [-0.1, -0.05) is 60.2 Å². The number of amides is 1. The summed E-state index contributed by atoms with van der Waals surface area (Å²) in [6.45, 7) is 9.50. The second-order valence-corrected chi connectivity index (χ2v) is 10.2. The van der Waals surface area contributed by atoms with E-state index in [1.54, 1.807) is 6.20 Å². The molecule has 37 heavy (non-hydrogen) atoms. The highest BCUT2D eigenvalue weighted by Crippen LogP contribution is 2.23. The molecule has 1 aliphatic rings. The van der Waals surface area contributed by atoms with E-state index < -0.39 is 0 Å². The van der Waals surface area contributed by atoms with Gasteiger partial charge in [0, 0.05) is 49.0 Å². The molecule has 4 aromatic rings. The lowest BCUT2D eigenvalue weighted by atomic mass is 10.0. The summed E-state index contributed by atoms with van der Waals surface area (Å²) in [4.78, 5) is 28.6. The summed E-state index contributed by atoms with van der Waals surface area (Å²) in [7, 11) is 0. The van der Waals surface area contributed by atoms with Crippen LogP contribution in [0.15, 0.2) is 65.6 Å². The van der Waals surface area contributed by atoms with Crippen molar-refractivity contribution in [3.8, 4) is 0 Å². The van der Waals surface area contributed by atoms with Crippen LogP contribution in [-0.4, -0.2) is 44.3 Å². The Labute approximate surface area is 217 Å². The predicted molar refractivity (Wildman–Crippen MR) is 147 cm³/mol. The van der Waals surface area contributed by atoms with Gasteiger partial charge in [-0.25, -0.2) is 4.68 Å². The van der Waals surface area contributed by atoms with Crippen LogP contribution in [0.3, 0.4) is 0 Å². The van der Waals surface area contributed by atoms with Gasteiger partial charge in [0.05, 0.1) is 11.6 Å². The molecule has 0 bridgehead atoms. The topological polar surface area (TPSA) is 72.2 Å². The molecular weight excluding hydrogens is 462 g/mol. The second kappa shape index (κ2) is 10.7. The van der Waals surface area contributed by atoms with Crippen LogP contribution in [0.4, 0.5) is 0 Å². The van der Waals surface area contributed by atoms with Crippen molar-refractivity contribution in [1.29, 1.82) is 0 Å². The fourth-order valence-electron chi connectivity index (χ4n) is 5.36. The number of fused-ring (bicyclic) bond motifs is 1. The second-order valence-electron chi connectivity index (χ2n) is 10.2. The van der Waals surface area contributed by atoms with E-state index in [4.69, 9.17) is 0 Å². The summed E-state index contributed by atoms with van der Waals surface area (Å²) in [5.41, 5.74) is 5.41. The number of hydrogen-bond acceptors (Lipinski definition) is 4. The van der Waals surface area contributed by atoms with Crippen LogP contribution in [0.5, 0.6) is 0 Å². The van der Waals surface area contributed by atoms with Crippen molar-refractivity contribution < 1.29 is 4.79 Å². The van der Waals surface area contributed by atoms with E-state index in [0.717, 1.165) is 49.2 Å². The number of rotatable bonds is 7. The molecule has 0 unspecified atom stereocenters. The number of carbonyl (C=O) groups is 1. The maximum absolute atomic E-state index is 13.4. The Balaban J connectivity index is 1.23. The standard InChI is InChI=1S/C30H35N5O2/c1-21-9-11-25(12-10-21)19-34-22(2)27-17-31-35(30(37)29(27)23(34)3)20-28(36)32-26-13-15-33(16-14-26)18-24-7-5-4-6-8-24/h4-12,17,26H,13-16,18-20H2,1-3H3,(H,32,36). The molecule has 0 atom stereocenters. The van der Waals surface area contributed by atoms with Gasteiger partial charge in [0.25, 0.3) is 5.56 Å². The third-order valence-electron chi connectivity index (χ3n) is 7.56. The Morgan fingerprint density at radius 2 is 1.59 bits per heavy atom. The van der Waals surface area contributed by atoms with E-state index in [2.05, 4.69) is 75.3 Å². The predicted octanol–water partition coefficient (Wildman–Crippen LogP) is 3.95. The molecule has 1 saturated heterocycles. The van der Waals surface area contributed by atoms with Crippen molar-refractivity contribution >= 4 is 16.7 Å². The fraction of sp³-hybridized carbons (Fsp3) is 0.367. The van der Waals surface area contributed by atoms with Gasteiger partial charge in [-0.05, 0) is 44.7 Å². The largest absolute Gasteiger partial charge is 0.352 e. The molecule has 3 heterocycles. The number of hydrogen-bond donors (Lipinski definition) is 1. The highest BCUT2D eigenvalue weighted by atomic mass is 16.2. The first-order valence-corrected chi connectivity index (χ1v) is 13.1. The van der Waals surface area contributed by atoms with E-state index in [1.165, 1.54) is 21.4 Å². The summed E-state index contributed by atoms with van der Waals surface area (Å²) in [5.74, 6) is -0.163. The van der Waals surface area contributed by atoms with Crippen LogP contribution >= 0.6 is 0 Å². The number of carbonyl (C=O) groups excluding carboxylic acids is 1. The van der Waals surface area contributed by atoms with Gasteiger partial charge in [-0.3, -0.25) is 14.5 Å². The van der Waals surface area contributed by atoms with Crippen LogP contribution in [-0.2, 0) is 24.4 Å². The van der Waals surface area contributed by atoms with Crippen LogP contribution in [0, 0.1) is 20.8 Å². The van der Waals surface area contributed by atoms with Gasteiger partial charge in [-0.2, -0.15) is 5.10 Å². The third kappa shape index (κ3) is 5.52. The zero-order chi connectivity index (χ0) is 25.9. The summed E-state index contributed by atoms with van der Waals surface area (Å²) < 4.78 is 3.46. The zero-order valence-electron chi connectivity index (χ0n) is 21.9. The summed E-state index contributed by atoms with van der Waals surface area (Å²) in [6.07, 6.45) is 3.53. The van der Waals surface area contributed by atoms with Crippen LogP contribution in [0.1, 0.15) is 40.9 Å². The van der Waals surface area contributed by atoms with Crippen molar-refractivity contribution in [2.24, 2.45) is 0 Å². The molecule has 0 spiro atoms. The lowest BCUT2D eigenvalue weighted by molar-refractivity contribution is -0.122. The van der Waals surface area contributed by atoms with E-state index >= 15 is 0 Å². The zero-order valence-corrected chi connectivity index (χ0v) is 21.9. The van der Waals surface area contributed by atoms with Gasteiger partial charge in [-0.15, -0.1) is 0 Å².